The van der Waals surface area contributed by atoms with Gasteiger partial charge in [0.05, 0.1) is 5.92 Å². The van der Waals surface area contributed by atoms with Crippen molar-refractivity contribution in [1.82, 2.24) is 5.32 Å². The third kappa shape index (κ3) is 3.10. The van der Waals surface area contributed by atoms with Crippen LogP contribution in [0.1, 0.15) is 36.3 Å². The average molecular weight is 247 g/mol. The first-order valence-corrected chi connectivity index (χ1v) is 6.67. The number of hydrogen-bond donors (Lipinski definition) is 1. The van der Waals surface area contributed by atoms with Gasteiger partial charge in [0, 0.05) is 20.3 Å². The zero-order valence-electron chi connectivity index (χ0n) is 10.9. The number of carbonyl (C=O) groups is 1. The van der Waals surface area contributed by atoms with Gasteiger partial charge in [-0.15, -0.1) is 0 Å². The van der Waals surface area contributed by atoms with Crippen molar-refractivity contribution in [2.75, 3.05) is 20.3 Å². The van der Waals surface area contributed by atoms with Crippen molar-refractivity contribution in [3.8, 4) is 0 Å². The lowest BCUT2D eigenvalue weighted by atomic mass is 9.82. The Morgan fingerprint density at radius 3 is 3.11 bits per heavy atom. The van der Waals surface area contributed by atoms with Gasteiger partial charge in [0.2, 0.25) is 5.91 Å². The molecule has 0 saturated carbocycles. The van der Waals surface area contributed by atoms with E-state index in [0.717, 1.165) is 25.7 Å². The summed E-state index contributed by atoms with van der Waals surface area (Å²) in [7, 11) is 1.68. The van der Waals surface area contributed by atoms with E-state index in [1.807, 2.05) is 6.07 Å². The highest BCUT2D eigenvalue weighted by molar-refractivity contribution is 5.84. The molecule has 1 unspecified atom stereocenters. The molecule has 98 valence electrons. The van der Waals surface area contributed by atoms with Gasteiger partial charge in [0.25, 0.3) is 0 Å². The molecule has 3 nitrogen and oxygen atoms in total. The number of ether oxygens (including phenoxy) is 1. The summed E-state index contributed by atoms with van der Waals surface area (Å²) in [6, 6.07) is 8.31. The SMILES string of the molecule is COCCCNC(=O)C1CCCc2ccccc21. The summed E-state index contributed by atoms with van der Waals surface area (Å²) in [4.78, 5) is 12.2. The number of fused-ring (bicyclic) bond motifs is 1. The van der Waals surface area contributed by atoms with Crippen molar-refractivity contribution in [2.45, 2.75) is 31.6 Å². The van der Waals surface area contributed by atoms with Crippen LogP contribution in [0.25, 0.3) is 0 Å². The zero-order valence-corrected chi connectivity index (χ0v) is 10.9. The minimum Gasteiger partial charge on any atom is -0.385 e. The van der Waals surface area contributed by atoms with Gasteiger partial charge in [-0.2, -0.15) is 0 Å². The fourth-order valence-electron chi connectivity index (χ4n) is 2.58. The highest BCUT2D eigenvalue weighted by Crippen LogP contribution is 2.31. The highest BCUT2D eigenvalue weighted by atomic mass is 16.5. The normalized spacial score (nSPS) is 18.2. The van der Waals surface area contributed by atoms with Crippen molar-refractivity contribution in [2.24, 2.45) is 0 Å². The monoisotopic (exact) mass is 247 g/mol. The van der Waals surface area contributed by atoms with Crippen LogP contribution in [-0.2, 0) is 16.0 Å². The smallest absolute Gasteiger partial charge is 0.227 e. The van der Waals surface area contributed by atoms with E-state index < -0.39 is 0 Å². The average Bonchev–Trinajstić information content (AvgIpc) is 2.43. The minimum absolute atomic E-state index is 0.0393. The number of hydrogen-bond acceptors (Lipinski definition) is 2. The van der Waals surface area contributed by atoms with Crippen LogP contribution in [-0.4, -0.2) is 26.2 Å². The van der Waals surface area contributed by atoms with Gasteiger partial charge in [-0.1, -0.05) is 24.3 Å². The largest absolute Gasteiger partial charge is 0.385 e. The zero-order chi connectivity index (χ0) is 12.8. The molecule has 0 saturated heterocycles. The van der Waals surface area contributed by atoms with E-state index in [-0.39, 0.29) is 11.8 Å². The first-order valence-electron chi connectivity index (χ1n) is 6.67. The number of rotatable bonds is 5. The molecule has 0 aliphatic heterocycles. The molecule has 1 aliphatic rings. The molecular weight excluding hydrogens is 226 g/mol. The van der Waals surface area contributed by atoms with Crippen molar-refractivity contribution < 1.29 is 9.53 Å². The second-order valence-corrected chi connectivity index (χ2v) is 4.78. The predicted molar refractivity (Wildman–Crippen MR) is 71.6 cm³/mol. The topological polar surface area (TPSA) is 38.3 Å². The van der Waals surface area contributed by atoms with Crippen molar-refractivity contribution in [3.05, 3.63) is 35.4 Å². The fraction of sp³-hybridized carbons (Fsp3) is 0.533. The second-order valence-electron chi connectivity index (χ2n) is 4.78. The summed E-state index contributed by atoms with van der Waals surface area (Å²) in [5.41, 5.74) is 2.55. The van der Waals surface area contributed by atoms with Crippen LogP contribution in [0.2, 0.25) is 0 Å². The first-order chi connectivity index (χ1) is 8.83. The van der Waals surface area contributed by atoms with Gasteiger partial charge < -0.3 is 10.1 Å². The first kappa shape index (κ1) is 13.1. The third-order valence-corrected chi connectivity index (χ3v) is 3.51. The van der Waals surface area contributed by atoms with E-state index in [1.165, 1.54) is 11.1 Å². The molecular formula is C15H21NO2. The maximum absolute atomic E-state index is 12.2. The molecule has 0 heterocycles. The maximum atomic E-state index is 12.2. The Morgan fingerprint density at radius 2 is 2.28 bits per heavy atom. The molecule has 1 aromatic carbocycles. The number of carbonyl (C=O) groups excluding carboxylic acids is 1. The summed E-state index contributed by atoms with van der Waals surface area (Å²) < 4.78 is 4.97. The molecule has 1 amide bonds. The van der Waals surface area contributed by atoms with Crippen LogP contribution in [0.4, 0.5) is 0 Å². The van der Waals surface area contributed by atoms with Crippen molar-refractivity contribution in [3.63, 3.8) is 0 Å². The third-order valence-electron chi connectivity index (χ3n) is 3.51. The lowest BCUT2D eigenvalue weighted by Gasteiger charge is -2.24. The van der Waals surface area contributed by atoms with Crippen LogP contribution in [0, 0.1) is 0 Å². The van der Waals surface area contributed by atoms with Gasteiger partial charge in [-0.25, -0.2) is 0 Å². The fourth-order valence-corrected chi connectivity index (χ4v) is 2.58. The van der Waals surface area contributed by atoms with E-state index in [9.17, 15) is 4.79 Å². The van der Waals surface area contributed by atoms with Crippen LogP contribution >= 0.6 is 0 Å². The number of amides is 1. The summed E-state index contributed by atoms with van der Waals surface area (Å²) in [6.45, 7) is 1.40. The van der Waals surface area contributed by atoms with Crippen molar-refractivity contribution in [1.29, 1.82) is 0 Å². The second kappa shape index (κ2) is 6.55. The summed E-state index contributed by atoms with van der Waals surface area (Å²) in [6.07, 6.45) is 4.04. The molecule has 1 aliphatic carbocycles. The Hall–Kier alpha value is -1.35. The van der Waals surface area contributed by atoms with Gasteiger partial charge in [0.15, 0.2) is 0 Å². The molecule has 1 atom stereocenters. The van der Waals surface area contributed by atoms with Crippen molar-refractivity contribution >= 4 is 5.91 Å². The van der Waals surface area contributed by atoms with E-state index in [4.69, 9.17) is 4.74 Å². The predicted octanol–water partition coefficient (Wildman–Crippen LogP) is 2.26. The van der Waals surface area contributed by atoms with Gasteiger partial charge >= 0.3 is 0 Å². The Kier molecular flexibility index (Phi) is 4.76. The Bertz CT molecular complexity index is 403. The molecule has 2 rings (SSSR count). The molecule has 0 radical (unpaired) electrons. The van der Waals surface area contributed by atoms with E-state index in [2.05, 4.69) is 23.5 Å². The van der Waals surface area contributed by atoms with E-state index in [1.54, 1.807) is 7.11 Å². The molecule has 18 heavy (non-hydrogen) atoms. The Morgan fingerprint density at radius 1 is 1.44 bits per heavy atom. The number of nitrogens with one attached hydrogen (secondary N) is 1. The molecule has 0 aromatic heterocycles. The Balaban J connectivity index is 1.95. The van der Waals surface area contributed by atoms with Crippen LogP contribution in [0.15, 0.2) is 24.3 Å². The van der Waals surface area contributed by atoms with E-state index >= 15 is 0 Å². The highest BCUT2D eigenvalue weighted by Gasteiger charge is 2.25. The van der Waals surface area contributed by atoms with E-state index in [0.29, 0.717) is 13.2 Å². The summed E-state index contributed by atoms with van der Waals surface area (Å²) in [5.74, 6) is 0.204. The molecule has 3 heteroatoms. The molecule has 0 fully saturated rings. The maximum Gasteiger partial charge on any atom is 0.227 e. The molecule has 1 aromatic rings. The Labute approximate surface area is 109 Å². The van der Waals surface area contributed by atoms with Gasteiger partial charge in [-0.3, -0.25) is 4.79 Å². The number of aryl methyl sites for hydroxylation is 1. The molecule has 1 N–H and O–H groups in total. The summed E-state index contributed by atoms with van der Waals surface area (Å²) in [5, 5.41) is 3.01. The van der Waals surface area contributed by atoms with Crippen LogP contribution in [0.5, 0.6) is 0 Å². The number of methoxy groups -OCH3 is 1. The van der Waals surface area contributed by atoms with Gasteiger partial charge in [-0.05, 0) is 36.8 Å². The standard InChI is InChI=1S/C15H21NO2/c1-18-11-5-10-16-15(17)14-9-4-7-12-6-2-3-8-13(12)14/h2-3,6,8,14H,4-5,7,9-11H2,1H3,(H,16,17). The molecule has 0 spiro atoms. The van der Waals surface area contributed by atoms with Crippen LogP contribution in [0.3, 0.4) is 0 Å². The minimum atomic E-state index is 0.0393. The lowest BCUT2D eigenvalue weighted by Crippen LogP contribution is -2.32. The number of benzene rings is 1. The lowest BCUT2D eigenvalue weighted by molar-refractivity contribution is -0.122. The molecule has 0 bridgehead atoms. The van der Waals surface area contributed by atoms with Crippen LogP contribution < -0.4 is 5.32 Å². The summed E-state index contributed by atoms with van der Waals surface area (Å²) >= 11 is 0. The van der Waals surface area contributed by atoms with Gasteiger partial charge in [0.1, 0.15) is 0 Å². The quantitative estimate of drug-likeness (QED) is 0.810.